The second-order valence-corrected chi connectivity index (χ2v) is 7.74. The van der Waals surface area contributed by atoms with Gasteiger partial charge in [0.1, 0.15) is 11.9 Å². The molecule has 100 valence electrons. The highest BCUT2D eigenvalue weighted by Gasteiger charge is 2.35. The molecule has 1 heterocycles. The minimum Gasteiger partial charge on any atom is -0.487 e. The summed E-state index contributed by atoms with van der Waals surface area (Å²) < 4.78 is 27.6. The van der Waals surface area contributed by atoms with Crippen molar-refractivity contribution in [3.05, 3.63) is 28.8 Å². The topological polar surface area (TPSA) is 69.4 Å². The van der Waals surface area contributed by atoms with Crippen LogP contribution in [0.1, 0.15) is 19.4 Å². The molecule has 0 saturated carbocycles. The molecule has 0 atom stereocenters. The van der Waals surface area contributed by atoms with Crippen LogP contribution in [0, 0.1) is 0 Å². The molecule has 2 rings (SSSR count). The van der Waals surface area contributed by atoms with Gasteiger partial charge in [0.05, 0.1) is 16.5 Å². The maximum Gasteiger partial charge on any atom is 0.157 e. The van der Waals surface area contributed by atoms with Crippen molar-refractivity contribution < 1.29 is 13.2 Å². The Labute approximate surface area is 112 Å². The van der Waals surface area contributed by atoms with Gasteiger partial charge in [-0.05, 0) is 31.5 Å². The Morgan fingerprint density at radius 2 is 2.00 bits per heavy atom. The summed E-state index contributed by atoms with van der Waals surface area (Å²) in [5.74, 6) is 0.630. The highest BCUT2D eigenvalue weighted by molar-refractivity contribution is 7.92. The monoisotopic (exact) mass is 289 g/mol. The Hall–Kier alpha value is -0.780. The van der Waals surface area contributed by atoms with Gasteiger partial charge < -0.3 is 10.5 Å². The summed E-state index contributed by atoms with van der Waals surface area (Å²) in [7, 11) is -2.88. The second-order valence-electron chi connectivity index (χ2n) is 5.18. The molecule has 1 fully saturated rings. The van der Waals surface area contributed by atoms with Crippen LogP contribution in [0.4, 0.5) is 0 Å². The molecule has 0 aromatic heterocycles. The molecular formula is C12H16ClNO3S. The number of hydrogen-bond acceptors (Lipinski definition) is 4. The quantitative estimate of drug-likeness (QED) is 0.920. The van der Waals surface area contributed by atoms with Gasteiger partial charge in [0.25, 0.3) is 0 Å². The van der Waals surface area contributed by atoms with Crippen LogP contribution < -0.4 is 10.5 Å². The van der Waals surface area contributed by atoms with Crippen LogP contribution in [0.3, 0.4) is 0 Å². The normalized spacial score (nSPS) is 19.3. The number of ether oxygens (including phenoxy) is 1. The van der Waals surface area contributed by atoms with E-state index in [0.717, 1.165) is 5.56 Å². The lowest BCUT2D eigenvalue weighted by Gasteiger charge is -2.27. The molecular weight excluding hydrogens is 274 g/mol. The number of sulfone groups is 1. The summed E-state index contributed by atoms with van der Waals surface area (Å²) in [5.41, 5.74) is 6.40. The third kappa shape index (κ3) is 2.96. The number of rotatable bonds is 3. The maximum atomic E-state index is 11.0. The Bertz CT molecular complexity index is 551. The van der Waals surface area contributed by atoms with Crippen LogP contribution in [0.15, 0.2) is 18.2 Å². The zero-order valence-electron chi connectivity index (χ0n) is 10.3. The van der Waals surface area contributed by atoms with Crippen molar-refractivity contribution in [1.82, 2.24) is 0 Å². The lowest BCUT2D eigenvalue weighted by Crippen LogP contribution is -2.45. The Morgan fingerprint density at radius 1 is 1.39 bits per heavy atom. The summed E-state index contributed by atoms with van der Waals surface area (Å²) in [6, 6.07) is 5.33. The first-order chi connectivity index (χ1) is 8.17. The van der Waals surface area contributed by atoms with Crippen molar-refractivity contribution in [3.8, 4) is 5.75 Å². The molecule has 0 bridgehead atoms. The highest BCUT2D eigenvalue weighted by atomic mass is 35.5. The predicted octanol–water partition coefficient (Wildman–Crippen LogP) is 1.71. The first-order valence-corrected chi connectivity index (χ1v) is 7.83. The van der Waals surface area contributed by atoms with Crippen molar-refractivity contribution in [2.24, 2.45) is 5.73 Å². The molecule has 0 spiro atoms. The lowest BCUT2D eigenvalue weighted by atomic mass is 9.96. The van der Waals surface area contributed by atoms with Crippen molar-refractivity contribution in [2.45, 2.75) is 25.5 Å². The van der Waals surface area contributed by atoms with E-state index in [1.165, 1.54) is 0 Å². The molecule has 0 aliphatic carbocycles. The van der Waals surface area contributed by atoms with Gasteiger partial charge in [-0.25, -0.2) is 8.42 Å². The number of hydrogen-bond donors (Lipinski definition) is 1. The number of halogens is 1. The first kappa shape index (κ1) is 13.6. The lowest BCUT2D eigenvalue weighted by molar-refractivity contribution is 0.230. The smallest absolute Gasteiger partial charge is 0.157 e. The minimum absolute atomic E-state index is 0.0630. The fourth-order valence-corrected chi connectivity index (χ4v) is 3.16. The van der Waals surface area contributed by atoms with Crippen LogP contribution in [-0.4, -0.2) is 26.0 Å². The van der Waals surface area contributed by atoms with E-state index >= 15 is 0 Å². The Balaban J connectivity index is 2.12. The molecule has 2 N–H and O–H groups in total. The molecule has 1 aliphatic rings. The van der Waals surface area contributed by atoms with Crippen molar-refractivity contribution in [1.29, 1.82) is 0 Å². The van der Waals surface area contributed by atoms with Gasteiger partial charge in [0, 0.05) is 5.54 Å². The van der Waals surface area contributed by atoms with E-state index in [2.05, 4.69) is 0 Å². The first-order valence-electron chi connectivity index (χ1n) is 5.63. The van der Waals surface area contributed by atoms with E-state index in [1.54, 1.807) is 12.1 Å². The summed E-state index contributed by atoms with van der Waals surface area (Å²) in [6.07, 6.45) is -0.288. The van der Waals surface area contributed by atoms with Gasteiger partial charge in [-0.3, -0.25) is 0 Å². The van der Waals surface area contributed by atoms with Crippen LogP contribution in [0.25, 0.3) is 0 Å². The summed E-state index contributed by atoms with van der Waals surface area (Å²) in [4.78, 5) is 0. The molecule has 1 saturated heterocycles. The fourth-order valence-electron chi connectivity index (χ4n) is 1.76. The highest BCUT2D eigenvalue weighted by Crippen LogP contribution is 2.31. The molecule has 6 heteroatoms. The molecule has 4 nitrogen and oxygen atoms in total. The Morgan fingerprint density at radius 3 is 2.44 bits per heavy atom. The van der Waals surface area contributed by atoms with Gasteiger partial charge in [0.2, 0.25) is 0 Å². The zero-order chi connectivity index (χ0) is 13.6. The van der Waals surface area contributed by atoms with Crippen LogP contribution in [0.2, 0.25) is 5.02 Å². The van der Waals surface area contributed by atoms with E-state index in [4.69, 9.17) is 22.1 Å². The Kier molecular flexibility index (Phi) is 3.34. The third-order valence-electron chi connectivity index (χ3n) is 2.85. The standard InChI is InChI=1S/C12H16ClNO3S/c1-12(2,14)8-3-4-11(10(13)5-8)17-9-6-18(15,16)7-9/h3-5,9H,6-7,14H2,1-2H3. The van der Waals surface area contributed by atoms with Crippen LogP contribution >= 0.6 is 11.6 Å². The molecule has 1 aromatic rings. The van der Waals surface area contributed by atoms with E-state index in [-0.39, 0.29) is 17.6 Å². The molecule has 1 aromatic carbocycles. The van der Waals surface area contributed by atoms with Crippen molar-refractivity contribution >= 4 is 21.4 Å². The van der Waals surface area contributed by atoms with Gasteiger partial charge in [0.15, 0.2) is 9.84 Å². The molecule has 0 amide bonds. The average molecular weight is 290 g/mol. The SMILES string of the molecule is CC(C)(N)c1ccc(OC2CS(=O)(=O)C2)c(Cl)c1. The summed E-state index contributed by atoms with van der Waals surface area (Å²) >= 11 is 6.10. The minimum atomic E-state index is -2.88. The molecule has 1 aliphatic heterocycles. The van der Waals surface area contributed by atoms with Gasteiger partial charge in [-0.2, -0.15) is 0 Å². The van der Waals surface area contributed by atoms with E-state index in [9.17, 15) is 8.42 Å². The maximum absolute atomic E-state index is 11.0. The van der Waals surface area contributed by atoms with Gasteiger partial charge in [-0.1, -0.05) is 17.7 Å². The van der Waals surface area contributed by atoms with Crippen LogP contribution in [0.5, 0.6) is 5.75 Å². The molecule has 0 unspecified atom stereocenters. The molecule has 18 heavy (non-hydrogen) atoms. The van der Waals surface area contributed by atoms with Gasteiger partial charge in [-0.15, -0.1) is 0 Å². The predicted molar refractivity (Wildman–Crippen MR) is 71.7 cm³/mol. The summed E-state index contributed by atoms with van der Waals surface area (Å²) in [6.45, 7) is 3.77. The number of benzene rings is 1. The third-order valence-corrected chi connectivity index (χ3v) is 4.90. The van der Waals surface area contributed by atoms with Gasteiger partial charge >= 0.3 is 0 Å². The van der Waals surface area contributed by atoms with Crippen molar-refractivity contribution in [2.75, 3.05) is 11.5 Å². The van der Waals surface area contributed by atoms with Crippen LogP contribution in [-0.2, 0) is 15.4 Å². The molecule has 0 radical (unpaired) electrons. The van der Waals surface area contributed by atoms with E-state index < -0.39 is 15.4 Å². The summed E-state index contributed by atoms with van der Waals surface area (Å²) in [5, 5.41) is 0.454. The second kappa shape index (κ2) is 4.40. The zero-order valence-corrected chi connectivity index (χ0v) is 11.9. The average Bonchev–Trinajstić information content (AvgIpc) is 2.16. The largest absolute Gasteiger partial charge is 0.487 e. The van der Waals surface area contributed by atoms with E-state index in [0.29, 0.717) is 10.8 Å². The van der Waals surface area contributed by atoms with E-state index in [1.807, 2.05) is 19.9 Å². The fraction of sp³-hybridized carbons (Fsp3) is 0.500. The van der Waals surface area contributed by atoms with Crippen molar-refractivity contribution in [3.63, 3.8) is 0 Å². The number of nitrogens with two attached hydrogens (primary N) is 1.